The first-order valence-electron chi connectivity index (χ1n) is 5.26. The minimum Gasteiger partial charge on any atom is -0.488 e. The number of hydrogen-bond donors (Lipinski definition) is 0. The van der Waals surface area contributed by atoms with Crippen LogP contribution in [0.15, 0.2) is 36.7 Å². The van der Waals surface area contributed by atoms with Gasteiger partial charge in [0, 0.05) is 22.3 Å². The number of pyridine rings is 1. The summed E-state index contributed by atoms with van der Waals surface area (Å²) in [7, 11) is 0. The standard InChI is InChI=1S/C13H10Cl2FNO/c14-5-11-12(15)2-1-3-13(11)18-8-9-4-10(16)7-17-6-9/h1-4,6-7H,5,8H2. The maximum atomic E-state index is 12.9. The van der Waals surface area contributed by atoms with E-state index >= 15 is 0 Å². The Morgan fingerprint density at radius 3 is 2.83 bits per heavy atom. The van der Waals surface area contributed by atoms with Crippen molar-refractivity contribution in [3.63, 3.8) is 0 Å². The van der Waals surface area contributed by atoms with Crippen molar-refractivity contribution in [2.24, 2.45) is 0 Å². The molecule has 0 atom stereocenters. The highest BCUT2D eigenvalue weighted by atomic mass is 35.5. The Kier molecular flexibility index (Phi) is 4.39. The molecule has 0 aliphatic rings. The Hall–Kier alpha value is -1.32. The smallest absolute Gasteiger partial charge is 0.141 e. The molecule has 0 radical (unpaired) electrons. The molecule has 1 aromatic carbocycles. The van der Waals surface area contributed by atoms with E-state index in [9.17, 15) is 4.39 Å². The van der Waals surface area contributed by atoms with Gasteiger partial charge in [-0.3, -0.25) is 4.98 Å². The molecular weight excluding hydrogens is 276 g/mol. The third-order valence-electron chi connectivity index (χ3n) is 2.37. The summed E-state index contributed by atoms with van der Waals surface area (Å²) >= 11 is 11.8. The predicted molar refractivity (Wildman–Crippen MR) is 69.5 cm³/mol. The quantitative estimate of drug-likeness (QED) is 0.786. The van der Waals surface area contributed by atoms with Crippen LogP contribution in [0, 0.1) is 5.82 Å². The largest absolute Gasteiger partial charge is 0.488 e. The molecule has 2 nitrogen and oxygen atoms in total. The van der Waals surface area contributed by atoms with E-state index in [1.165, 1.54) is 6.07 Å². The molecule has 2 rings (SSSR count). The number of ether oxygens (including phenoxy) is 1. The molecule has 18 heavy (non-hydrogen) atoms. The van der Waals surface area contributed by atoms with E-state index in [4.69, 9.17) is 27.9 Å². The lowest BCUT2D eigenvalue weighted by molar-refractivity contribution is 0.302. The van der Waals surface area contributed by atoms with Crippen LogP contribution in [0.5, 0.6) is 5.75 Å². The van der Waals surface area contributed by atoms with Crippen LogP contribution in [0.1, 0.15) is 11.1 Å². The van der Waals surface area contributed by atoms with Gasteiger partial charge in [-0.2, -0.15) is 0 Å². The van der Waals surface area contributed by atoms with Gasteiger partial charge >= 0.3 is 0 Å². The topological polar surface area (TPSA) is 22.1 Å². The molecule has 0 N–H and O–H groups in total. The van der Waals surface area contributed by atoms with Crippen molar-refractivity contribution in [3.8, 4) is 5.75 Å². The fourth-order valence-electron chi connectivity index (χ4n) is 1.50. The minimum atomic E-state index is -0.389. The molecule has 0 aliphatic carbocycles. The molecular formula is C13H10Cl2FNO. The summed E-state index contributed by atoms with van der Waals surface area (Å²) in [5.41, 5.74) is 1.38. The van der Waals surface area contributed by atoms with Crippen molar-refractivity contribution < 1.29 is 9.13 Å². The van der Waals surface area contributed by atoms with Crippen molar-refractivity contribution in [2.75, 3.05) is 0 Å². The molecule has 1 aromatic heterocycles. The van der Waals surface area contributed by atoms with Gasteiger partial charge in [-0.1, -0.05) is 17.7 Å². The monoisotopic (exact) mass is 285 g/mol. The predicted octanol–water partition coefficient (Wildman–Crippen LogP) is 4.19. The zero-order valence-corrected chi connectivity index (χ0v) is 10.9. The SMILES string of the molecule is Fc1cncc(COc2cccc(Cl)c2CCl)c1. The van der Waals surface area contributed by atoms with Crippen LogP contribution in [-0.2, 0) is 12.5 Å². The van der Waals surface area contributed by atoms with Crippen molar-refractivity contribution in [1.29, 1.82) is 0 Å². The third kappa shape index (κ3) is 3.12. The van der Waals surface area contributed by atoms with Crippen LogP contribution < -0.4 is 4.74 Å². The second-order valence-electron chi connectivity index (χ2n) is 3.65. The summed E-state index contributed by atoms with van der Waals surface area (Å²) in [4.78, 5) is 3.75. The molecule has 0 saturated heterocycles. The van der Waals surface area contributed by atoms with Crippen LogP contribution in [-0.4, -0.2) is 4.98 Å². The van der Waals surface area contributed by atoms with Crippen molar-refractivity contribution >= 4 is 23.2 Å². The van der Waals surface area contributed by atoms with Crippen LogP contribution in [0.2, 0.25) is 5.02 Å². The highest BCUT2D eigenvalue weighted by Crippen LogP contribution is 2.28. The van der Waals surface area contributed by atoms with Crippen LogP contribution in [0.3, 0.4) is 0 Å². The van der Waals surface area contributed by atoms with Gasteiger partial charge in [0.25, 0.3) is 0 Å². The summed E-state index contributed by atoms with van der Waals surface area (Å²) in [6.45, 7) is 0.217. The van der Waals surface area contributed by atoms with Gasteiger partial charge in [-0.15, -0.1) is 11.6 Å². The van der Waals surface area contributed by atoms with E-state index in [1.54, 1.807) is 24.4 Å². The average molecular weight is 286 g/mol. The van der Waals surface area contributed by atoms with Gasteiger partial charge in [0.05, 0.1) is 12.1 Å². The average Bonchev–Trinajstić information content (AvgIpc) is 2.36. The van der Waals surface area contributed by atoms with E-state index in [2.05, 4.69) is 4.98 Å². The fraction of sp³-hybridized carbons (Fsp3) is 0.154. The lowest BCUT2D eigenvalue weighted by Gasteiger charge is -2.11. The fourth-order valence-corrected chi connectivity index (χ4v) is 2.08. The molecule has 0 unspecified atom stereocenters. The molecule has 0 bridgehead atoms. The Morgan fingerprint density at radius 2 is 2.11 bits per heavy atom. The summed E-state index contributed by atoms with van der Waals surface area (Å²) in [6, 6.07) is 6.67. The molecule has 94 valence electrons. The Labute approximate surface area is 114 Å². The Balaban J connectivity index is 2.13. The second-order valence-corrected chi connectivity index (χ2v) is 4.32. The first-order chi connectivity index (χ1) is 8.70. The second kappa shape index (κ2) is 6.03. The van der Waals surface area contributed by atoms with Crippen LogP contribution >= 0.6 is 23.2 Å². The number of nitrogens with zero attached hydrogens (tertiary/aromatic N) is 1. The number of alkyl halides is 1. The van der Waals surface area contributed by atoms with Gasteiger partial charge in [0.2, 0.25) is 0 Å². The molecule has 5 heteroatoms. The molecule has 2 aromatic rings. The van der Waals surface area contributed by atoms with E-state index in [0.717, 1.165) is 11.8 Å². The maximum absolute atomic E-state index is 12.9. The number of hydrogen-bond acceptors (Lipinski definition) is 2. The summed E-state index contributed by atoms with van der Waals surface area (Å²) in [5.74, 6) is 0.470. The summed E-state index contributed by atoms with van der Waals surface area (Å²) in [6.07, 6.45) is 2.70. The first kappa shape index (κ1) is 13.1. The minimum absolute atomic E-state index is 0.217. The van der Waals surface area contributed by atoms with Gasteiger partial charge in [0.1, 0.15) is 18.2 Å². The highest BCUT2D eigenvalue weighted by molar-refractivity contribution is 6.32. The number of rotatable bonds is 4. The normalized spacial score (nSPS) is 10.4. The van der Waals surface area contributed by atoms with Gasteiger partial charge < -0.3 is 4.74 Å². The lowest BCUT2D eigenvalue weighted by atomic mass is 10.2. The van der Waals surface area contributed by atoms with E-state index in [0.29, 0.717) is 16.3 Å². The maximum Gasteiger partial charge on any atom is 0.141 e. The number of halogens is 3. The van der Waals surface area contributed by atoms with E-state index in [1.807, 2.05) is 0 Å². The molecule has 0 amide bonds. The van der Waals surface area contributed by atoms with Gasteiger partial charge in [-0.05, 0) is 18.2 Å². The molecule has 1 heterocycles. The van der Waals surface area contributed by atoms with Crippen molar-refractivity contribution in [2.45, 2.75) is 12.5 Å². The molecule has 0 fully saturated rings. The van der Waals surface area contributed by atoms with Crippen LogP contribution in [0.4, 0.5) is 4.39 Å². The lowest BCUT2D eigenvalue weighted by Crippen LogP contribution is -1.99. The van der Waals surface area contributed by atoms with Crippen molar-refractivity contribution in [3.05, 3.63) is 58.6 Å². The summed E-state index contributed by atoms with van der Waals surface area (Å²) < 4.78 is 18.5. The van der Waals surface area contributed by atoms with Crippen molar-refractivity contribution in [1.82, 2.24) is 4.98 Å². The number of benzene rings is 1. The highest BCUT2D eigenvalue weighted by Gasteiger charge is 2.07. The zero-order chi connectivity index (χ0) is 13.0. The van der Waals surface area contributed by atoms with Gasteiger partial charge in [0.15, 0.2) is 0 Å². The number of aromatic nitrogens is 1. The zero-order valence-electron chi connectivity index (χ0n) is 9.37. The van der Waals surface area contributed by atoms with E-state index < -0.39 is 0 Å². The van der Waals surface area contributed by atoms with Gasteiger partial charge in [-0.25, -0.2) is 4.39 Å². The molecule has 0 saturated carbocycles. The molecule has 0 aliphatic heterocycles. The van der Waals surface area contributed by atoms with Crippen LogP contribution in [0.25, 0.3) is 0 Å². The Bertz CT molecular complexity index is 548. The summed E-state index contributed by atoms with van der Waals surface area (Å²) in [5, 5.41) is 0.555. The molecule has 0 spiro atoms. The van der Waals surface area contributed by atoms with E-state index in [-0.39, 0.29) is 18.3 Å². The first-order valence-corrected chi connectivity index (χ1v) is 6.17. The third-order valence-corrected chi connectivity index (χ3v) is 2.99. The Morgan fingerprint density at radius 1 is 1.28 bits per heavy atom.